The number of hydrogen-bond acceptors (Lipinski definition) is 1. The molecule has 0 spiro atoms. The van der Waals surface area contributed by atoms with Crippen LogP contribution in [0, 0.1) is 23.5 Å². The minimum absolute atomic E-state index is 0.00559. The maximum absolute atomic E-state index is 14.4. The van der Waals surface area contributed by atoms with E-state index in [1.165, 1.54) is 12.0 Å². The van der Waals surface area contributed by atoms with Crippen molar-refractivity contribution in [1.29, 1.82) is 0 Å². The summed E-state index contributed by atoms with van der Waals surface area (Å²) in [5, 5.41) is 0. The van der Waals surface area contributed by atoms with E-state index in [0.717, 1.165) is 37.7 Å². The van der Waals surface area contributed by atoms with Crippen LogP contribution < -0.4 is 4.74 Å². The molecule has 2 unspecified atom stereocenters. The lowest BCUT2D eigenvalue weighted by atomic mass is 9.74. The molecule has 0 saturated heterocycles. The van der Waals surface area contributed by atoms with E-state index >= 15 is 0 Å². The third-order valence-corrected chi connectivity index (χ3v) is 5.68. The molecule has 0 heterocycles. The SMILES string of the molecule is C/C=C/C1=CCC(C2CC=C(c3ccc(OCC)c(F)c3F)CC2)CC1. The van der Waals surface area contributed by atoms with Crippen molar-refractivity contribution in [2.75, 3.05) is 6.61 Å². The van der Waals surface area contributed by atoms with Gasteiger partial charge in [0.1, 0.15) is 0 Å². The molecule has 0 amide bonds. The second kappa shape index (κ2) is 8.66. The summed E-state index contributed by atoms with van der Waals surface area (Å²) in [5.41, 5.74) is 2.77. The Bertz CT molecular complexity index is 730. The first kappa shape index (κ1) is 18.9. The van der Waals surface area contributed by atoms with E-state index in [4.69, 9.17) is 4.74 Å². The van der Waals surface area contributed by atoms with E-state index in [1.54, 1.807) is 19.1 Å². The van der Waals surface area contributed by atoms with E-state index in [1.807, 2.05) is 0 Å². The van der Waals surface area contributed by atoms with Gasteiger partial charge >= 0.3 is 0 Å². The molecule has 0 aliphatic heterocycles. The highest BCUT2D eigenvalue weighted by molar-refractivity contribution is 5.67. The van der Waals surface area contributed by atoms with E-state index in [-0.39, 0.29) is 5.75 Å². The van der Waals surface area contributed by atoms with Gasteiger partial charge in [-0.15, -0.1) is 0 Å². The molecule has 1 aromatic rings. The van der Waals surface area contributed by atoms with Gasteiger partial charge in [-0.3, -0.25) is 0 Å². The van der Waals surface area contributed by atoms with Crippen LogP contribution in [0.5, 0.6) is 5.75 Å². The standard InChI is InChI=1S/C23H28F2O/c1-3-5-16-6-8-17(9-7-16)18-10-12-19(13-11-18)20-14-15-21(26-4-2)23(25)22(20)24/h3,5-6,12,14-15,17-18H,4,7-11,13H2,1-2H3/b5-3+. The molecule has 0 N–H and O–H groups in total. The number of allylic oxidation sites excluding steroid dienone is 6. The molecule has 3 heteroatoms. The van der Waals surface area contributed by atoms with Gasteiger partial charge in [0.15, 0.2) is 11.6 Å². The van der Waals surface area contributed by atoms with Gasteiger partial charge in [-0.2, -0.15) is 4.39 Å². The highest BCUT2D eigenvalue weighted by Crippen LogP contribution is 2.40. The molecule has 3 rings (SSSR count). The molecule has 1 aromatic carbocycles. The van der Waals surface area contributed by atoms with Gasteiger partial charge < -0.3 is 4.74 Å². The molecule has 2 atom stereocenters. The Hall–Kier alpha value is -1.90. The van der Waals surface area contributed by atoms with Crippen molar-refractivity contribution < 1.29 is 13.5 Å². The van der Waals surface area contributed by atoms with E-state index in [0.29, 0.717) is 24.0 Å². The predicted octanol–water partition coefficient (Wildman–Crippen LogP) is 6.85. The molecule has 140 valence electrons. The first-order chi connectivity index (χ1) is 12.6. The molecule has 0 aromatic heterocycles. The van der Waals surface area contributed by atoms with Gasteiger partial charge in [0.25, 0.3) is 0 Å². The Balaban J connectivity index is 1.68. The second-order valence-corrected chi connectivity index (χ2v) is 7.25. The van der Waals surface area contributed by atoms with Crippen molar-refractivity contribution in [1.82, 2.24) is 0 Å². The van der Waals surface area contributed by atoms with Crippen LogP contribution in [-0.2, 0) is 0 Å². The summed E-state index contributed by atoms with van der Waals surface area (Å²) in [7, 11) is 0. The summed E-state index contributed by atoms with van der Waals surface area (Å²) in [6, 6.07) is 3.20. The molecule has 2 aliphatic carbocycles. The fourth-order valence-electron chi connectivity index (χ4n) is 4.24. The number of rotatable bonds is 5. The third kappa shape index (κ3) is 4.08. The summed E-state index contributed by atoms with van der Waals surface area (Å²) in [5.74, 6) is -0.297. The molecule has 0 fully saturated rings. The first-order valence-electron chi connectivity index (χ1n) is 9.76. The number of benzene rings is 1. The Morgan fingerprint density at radius 3 is 2.35 bits per heavy atom. The van der Waals surface area contributed by atoms with Gasteiger partial charge in [-0.1, -0.05) is 29.9 Å². The van der Waals surface area contributed by atoms with Gasteiger partial charge in [0.05, 0.1) is 6.61 Å². The average Bonchev–Trinajstić information content (AvgIpc) is 2.67. The second-order valence-electron chi connectivity index (χ2n) is 7.25. The maximum Gasteiger partial charge on any atom is 0.201 e. The van der Waals surface area contributed by atoms with Crippen LogP contribution >= 0.6 is 0 Å². The van der Waals surface area contributed by atoms with Crippen molar-refractivity contribution in [2.45, 2.75) is 52.4 Å². The van der Waals surface area contributed by atoms with Crippen molar-refractivity contribution >= 4 is 5.57 Å². The lowest BCUT2D eigenvalue weighted by molar-refractivity contribution is 0.287. The van der Waals surface area contributed by atoms with Crippen molar-refractivity contribution in [3.05, 3.63) is 59.2 Å². The molecule has 0 saturated carbocycles. The van der Waals surface area contributed by atoms with E-state index in [9.17, 15) is 8.78 Å². The minimum Gasteiger partial charge on any atom is -0.491 e. The first-order valence-corrected chi connectivity index (χ1v) is 9.76. The molecule has 26 heavy (non-hydrogen) atoms. The fourth-order valence-corrected chi connectivity index (χ4v) is 4.24. The summed E-state index contributed by atoms with van der Waals surface area (Å²) < 4.78 is 33.7. The summed E-state index contributed by atoms with van der Waals surface area (Å²) in [6.45, 7) is 4.14. The van der Waals surface area contributed by atoms with Crippen LogP contribution in [0.3, 0.4) is 0 Å². The van der Waals surface area contributed by atoms with Crippen molar-refractivity contribution in [3.63, 3.8) is 0 Å². The Labute approximate surface area is 155 Å². The Morgan fingerprint density at radius 1 is 1.04 bits per heavy atom. The predicted molar refractivity (Wildman–Crippen MR) is 103 cm³/mol. The van der Waals surface area contributed by atoms with Gasteiger partial charge in [-0.25, -0.2) is 4.39 Å². The monoisotopic (exact) mass is 358 g/mol. The zero-order valence-corrected chi connectivity index (χ0v) is 15.7. The van der Waals surface area contributed by atoms with Crippen molar-refractivity contribution in [3.8, 4) is 5.75 Å². The average molecular weight is 358 g/mol. The topological polar surface area (TPSA) is 9.23 Å². The number of halogens is 2. The van der Waals surface area contributed by atoms with Gasteiger partial charge in [0.2, 0.25) is 5.82 Å². The van der Waals surface area contributed by atoms with Gasteiger partial charge in [0, 0.05) is 5.56 Å². The number of hydrogen-bond donors (Lipinski definition) is 0. The summed E-state index contributed by atoms with van der Waals surface area (Å²) in [4.78, 5) is 0. The van der Waals surface area contributed by atoms with E-state index in [2.05, 4.69) is 31.2 Å². The van der Waals surface area contributed by atoms with Gasteiger partial charge in [-0.05, 0) is 81.9 Å². The minimum atomic E-state index is -0.874. The zero-order valence-electron chi connectivity index (χ0n) is 15.7. The molecule has 1 nitrogen and oxygen atoms in total. The third-order valence-electron chi connectivity index (χ3n) is 5.68. The maximum atomic E-state index is 14.4. The van der Waals surface area contributed by atoms with Crippen LogP contribution in [0.1, 0.15) is 57.9 Å². The van der Waals surface area contributed by atoms with Crippen LogP contribution in [0.25, 0.3) is 5.57 Å². The smallest absolute Gasteiger partial charge is 0.201 e. The normalized spacial score (nSPS) is 23.7. The van der Waals surface area contributed by atoms with Crippen LogP contribution in [0.2, 0.25) is 0 Å². The molecule has 2 aliphatic rings. The Kier molecular flexibility index (Phi) is 6.29. The van der Waals surface area contributed by atoms with Crippen LogP contribution in [0.15, 0.2) is 42.0 Å². The Morgan fingerprint density at radius 2 is 1.77 bits per heavy atom. The van der Waals surface area contributed by atoms with Crippen LogP contribution in [-0.4, -0.2) is 6.61 Å². The molecule has 0 bridgehead atoms. The molecular weight excluding hydrogens is 330 g/mol. The summed E-state index contributed by atoms with van der Waals surface area (Å²) >= 11 is 0. The summed E-state index contributed by atoms with van der Waals surface area (Å²) in [6.07, 6.45) is 15.2. The fraction of sp³-hybridized carbons (Fsp3) is 0.478. The zero-order chi connectivity index (χ0) is 18.5. The lowest BCUT2D eigenvalue weighted by Crippen LogP contribution is -2.19. The quantitative estimate of drug-likeness (QED) is 0.559. The van der Waals surface area contributed by atoms with Crippen LogP contribution in [0.4, 0.5) is 8.78 Å². The molecular formula is C23H28F2O. The van der Waals surface area contributed by atoms with E-state index < -0.39 is 11.6 Å². The number of ether oxygens (including phenoxy) is 1. The largest absolute Gasteiger partial charge is 0.491 e. The highest BCUT2D eigenvalue weighted by Gasteiger charge is 2.26. The molecule has 0 radical (unpaired) electrons. The highest BCUT2D eigenvalue weighted by atomic mass is 19.2. The van der Waals surface area contributed by atoms with Crippen molar-refractivity contribution in [2.24, 2.45) is 11.8 Å². The lowest BCUT2D eigenvalue weighted by Gasteiger charge is -2.32.